The molecule has 0 aliphatic rings. The standard InChI is InChI=1S/C10H9N.C7H7NO2/c11-10-7-3-5-8-4-1-2-6-9(8)10;8-6-4-2-1-3-5(6)7(9)10/h1-7H,11H2;1-4H,8H2,(H,9,10). The first kappa shape index (κ1) is 14.4. The lowest BCUT2D eigenvalue weighted by molar-refractivity contribution is 0.0698. The van der Waals surface area contributed by atoms with E-state index in [-0.39, 0.29) is 5.56 Å². The molecular formula is C17H16N2O2. The second-order valence-corrected chi connectivity index (χ2v) is 4.46. The van der Waals surface area contributed by atoms with Crippen LogP contribution in [0.15, 0.2) is 66.7 Å². The smallest absolute Gasteiger partial charge is 0.337 e. The van der Waals surface area contributed by atoms with Crippen LogP contribution in [0.1, 0.15) is 10.4 Å². The van der Waals surface area contributed by atoms with Crippen LogP contribution in [0.5, 0.6) is 0 Å². The zero-order chi connectivity index (χ0) is 15.2. The first-order valence-electron chi connectivity index (χ1n) is 6.40. The van der Waals surface area contributed by atoms with Crippen molar-refractivity contribution in [1.82, 2.24) is 0 Å². The normalized spacial score (nSPS) is 9.71. The Labute approximate surface area is 122 Å². The molecule has 3 rings (SSSR count). The Bertz CT molecular complexity index is 764. The Morgan fingerprint density at radius 3 is 1.95 bits per heavy atom. The molecule has 0 aromatic heterocycles. The van der Waals surface area contributed by atoms with Gasteiger partial charge >= 0.3 is 5.97 Å². The molecule has 0 unspecified atom stereocenters. The number of rotatable bonds is 1. The van der Waals surface area contributed by atoms with Crippen molar-refractivity contribution in [1.29, 1.82) is 0 Å². The van der Waals surface area contributed by atoms with Crippen LogP contribution in [-0.4, -0.2) is 11.1 Å². The zero-order valence-corrected chi connectivity index (χ0v) is 11.4. The number of hydrogen-bond acceptors (Lipinski definition) is 3. The number of nitrogens with two attached hydrogens (primary N) is 2. The van der Waals surface area contributed by atoms with Gasteiger partial charge < -0.3 is 16.6 Å². The van der Waals surface area contributed by atoms with E-state index in [0.717, 1.165) is 11.1 Å². The molecule has 3 aromatic rings. The van der Waals surface area contributed by atoms with Gasteiger partial charge in [-0.3, -0.25) is 0 Å². The van der Waals surface area contributed by atoms with Gasteiger partial charge in [-0.2, -0.15) is 0 Å². The summed E-state index contributed by atoms with van der Waals surface area (Å²) in [6.45, 7) is 0. The quantitative estimate of drug-likeness (QED) is 0.596. The fourth-order valence-corrected chi connectivity index (χ4v) is 1.94. The summed E-state index contributed by atoms with van der Waals surface area (Å²) in [6, 6.07) is 20.4. The molecule has 0 aliphatic carbocycles. The van der Waals surface area contributed by atoms with Crippen molar-refractivity contribution >= 4 is 28.1 Å². The fourth-order valence-electron chi connectivity index (χ4n) is 1.94. The van der Waals surface area contributed by atoms with Gasteiger partial charge in [0.2, 0.25) is 0 Å². The van der Waals surface area contributed by atoms with Crippen molar-refractivity contribution < 1.29 is 9.90 Å². The van der Waals surface area contributed by atoms with Crippen LogP contribution in [0.3, 0.4) is 0 Å². The highest BCUT2D eigenvalue weighted by molar-refractivity contribution is 5.93. The van der Waals surface area contributed by atoms with E-state index in [1.165, 1.54) is 11.5 Å². The number of benzene rings is 3. The van der Waals surface area contributed by atoms with Crippen LogP contribution < -0.4 is 11.5 Å². The van der Waals surface area contributed by atoms with E-state index in [1.807, 2.05) is 30.3 Å². The van der Waals surface area contributed by atoms with Gasteiger partial charge in [0.1, 0.15) is 0 Å². The number of aromatic carboxylic acids is 1. The van der Waals surface area contributed by atoms with E-state index >= 15 is 0 Å². The van der Waals surface area contributed by atoms with E-state index in [1.54, 1.807) is 18.2 Å². The number of carbonyl (C=O) groups is 1. The molecule has 5 N–H and O–H groups in total. The molecule has 21 heavy (non-hydrogen) atoms. The van der Waals surface area contributed by atoms with Gasteiger partial charge in [-0.05, 0) is 23.6 Å². The molecule has 0 aliphatic heterocycles. The van der Waals surface area contributed by atoms with Crippen LogP contribution in [0.2, 0.25) is 0 Å². The Kier molecular flexibility index (Phi) is 4.41. The van der Waals surface area contributed by atoms with E-state index in [4.69, 9.17) is 16.6 Å². The molecule has 0 fully saturated rings. The number of para-hydroxylation sites is 1. The summed E-state index contributed by atoms with van der Waals surface area (Å²) in [5.41, 5.74) is 12.4. The third kappa shape index (κ3) is 3.51. The van der Waals surface area contributed by atoms with Gasteiger partial charge in [0, 0.05) is 16.8 Å². The third-order valence-corrected chi connectivity index (χ3v) is 3.01. The minimum atomic E-state index is -0.988. The minimum absolute atomic E-state index is 0.155. The molecule has 0 amide bonds. The lowest BCUT2D eigenvalue weighted by Crippen LogP contribution is -2.00. The minimum Gasteiger partial charge on any atom is -0.478 e. The highest BCUT2D eigenvalue weighted by Gasteiger charge is 2.03. The van der Waals surface area contributed by atoms with Gasteiger partial charge in [-0.1, -0.05) is 48.5 Å². The molecule has 106 valence electrons. The predicted molar refractivity (Wildman–Crippen MR) is 86.2 cm³/mol. The average molecular weight is 280 g/mol. The van der Waals surface area contributed by atoms with Crippen molar-refractivity contribution in [3.63, 3.8) is 0 Å². The van der Waals surface area contributed by atoms with Crippen molar-refractivity contribution in [3.05, 3.63) is 72.3 Å². The van der Waals surface area contributed by atoms with E-state index in [0.29, 0.717) is 5.69 Å². The number of carboxylic acids is 1. The van der Waals surface area contributed by atoms with Crippen molar-refractivity contribution in [2.75, 3.05) is 11.5 Å². The summed E-state index contributed by atoms with van der Waals surface area (Å²) in [5.74, 6) is -0.988. The first-order chi connectivity index (χ1) is 10.1. The second kappa shape index (κ2) is 6.43. The summed E-state index contributed by atoms with van der Waals surface area (Å²) in [4.78, 5) is 10.3. The molecule has 0 saturated heterocycles. The number of nitrogen functional groups attached to an aromatic ring is 2. The molecule has 0 saturated carbocycles. The number of hydrogen-bond donors (Lipinski definition) is 3. The zero-order valence-electron chi connectivity index (χ0n) is 11.4. The van der Waals surface area contributed by atoms with Crippen molar-refractivity contribution in [2.24, 2.45) is 0 Å². The monoisotopic (exact) mass is 280 g/mol. The lowest BCUT2D eigenvalue weighted by atomic mass is 10.1. The molecule has 0 heterocycles. The van der Waals surface area contributed by atoms with Crippen LogP contribution in [0.4, 0.5) is 11.4 Å². The van der Waals surface area contributed by atoms with E-state index < -0.39 is 5.97 Å². The summed E-state index contributed by atoms with van der Waals surface area (Å²) in [7, 11) is 0. The van der Waals surface area contributed by atoms with Gasteiger partial charge in [-0.25, -0.2) is 4.79 Å². The molecule has 4 heteroatoms. The topological polar surface area (TPSA) is 89.3 Å². The Morgan fingerprint density at radius 2 is 1.33 bits per heavy atom. The van der Waals surface area contributed by atoms with Crippen LogP contribution in [0.25, 0.3) is 10.8 Å². The number of fused-ring (bicyclic) bond motifs is 1. The fraction of sp³-hybridized carbons (Fsp3) is 0. The van der Waals surface area contributed by atoms with Gasteiger partial charge in [0.15, 0.2) is 0 Å². The summed E-state index contributed by atoms with van der Waals surface area (Å²) >= 11 is 0. The predicted octanol–water partition coefficient (Wildman–Crippen LogP) is 3.39. The molecule has 3 aromatic carbocycles. The Hall–Kier alpha value is -3.01. The SMILES string of the molecule is Nc1cccc2ccccc12.Nc1ccccc1C(=O)O. The van der Waals surface area contributed by atoms with Crippen molar-refractivity contribution in [2.45, 2.75) is 0 Å². The molecule has 0 atom stereocenters. The molecule has 4 nitrogen and oxygen atoms in total. The first-order valence-corrected chi connectivity index (χ1v) is 6.40. The molecule has 0 radical (unpaired) electrons. The average Bonchev–Trinajstić information content (AvgIpc) is 2.49. The van der Waals surface area contributed by atoms with Gasteiger partial charge in [0.25, 0.3) is 0 Å². The third-order valence-electron chi connectivity index (χ3n) is 3.01. The highest BCUT2D eigenvalue weighted by Crippen LogP contribution is 2.19. The maximum absolute atomic E-state index is 10.3. The van der Waals surface area contributed by atoms with Gasteiger partial charge in [-0.15, -0.1) is 0 Å². The second-order valence-electron chi connectivity index (χ2n) is 4.46. The van der Waals surface area contributed by atoms with E-state index in [2.05, 4.69) is 12.1 Å². The van der Waals surface area contributed by atoms with Crippen LogP contribution >= 0.6 is 0 Å². The number of anilines is 2. The molecule has 0 bridgehead atoms. The summed E-state index contributed by atoms with van der Waals surface area (Å²) in [6.07, 6.45) is 0. The van der Waals surface area contributed by atoms with Crippen LogP contribution in [0, 0.1) is 0 Å². The molecular weight excluding hydrogens is 264 g/mol. The van der Waals surface area contributed by atoms with Gasteiger partial charge in [0.05, 0.1) is 5.56 Å². The highest BCUT2D eigenvalue weighted by atomic mass is 16.4. The van der Waals surface area contributed by atoms with Crippen LogP contribution in [-0.2, 0) is 0 Å². The maximum Gasteiger partial charge on any atom is 0.337 e. The van der Waals surface area contributed by atoms with E-state index in [9.17, 15) is 4.79 Å². The Morgan fingerprint density at radius 1 is 0.762 bits per heavy atom. The number of carboxylic acid groups (broad SMARTS) is 1. The summed E-state index contributed by atoms with van der Waals surface area (Å²) in [5, 5.41) is 10.8. The lowest BCUT2D eigenvalue weighted by Gasteiger charge is -1.98. The van der Waals surface area contributed by atoms with Crippen molar-refractivity contribution in [3.8, 4) is 0 Å². The maximum atomic E-state index is 10.3. The largest absolute Gasteiger partial charge is 0.478 e. The summed E-state index contributed by atoms with van der Waals surface area (Å²) < 4.78 is 0. The Balaban J connectivity index is 0.000000155. The molecule has 0 spiro atoms.